The summed E-state index contributed by atoms with van der Waals surface area (Å²) in [4.78, 5) is 11.3. The van der Waals surface area contributed by atoms with Crippen LogP contribution in [0, 0.1) is 17.2 Å². The first-order valence-electron chi connectivity index (χ1n) is 9.13. The van der Waals surface area contributed by atoms with Crippen molar-refractivity contribution in [2.24, 2.45) is 5.92 Å². The summed E-state index contributed by atoms with van der Waals surface area (Å²) in [5, 5.41) is 28.4. The van der Waals surface area contributed by atoms with Crippen molar-refractivity contribution in [3.8, 4) is 11.8 Å². The Kier molecular flexibility index (Phi) is 7.25. The zero-order chi connectivity index (χ0) is 19.8. The van der Waals surface area contributed by atoms with Gasteiger partial charge in [-0.15, -0.1) is 0 Å². The van der Waals surface area contributed by atoms with Crippen LogP contribution in [0.4, 0.5) is 0 Å². The number of hydrogen-bond donors (Lipinski definition) is 2. The zero-order valence-electron chi connectivity index (χ0n) is 15.6. The lowest BCUT2D eigenvalue weighted by Crippen LogP contribution is -2.15. The predicted molar refractivity (Wildman–Crippen MR) is 104 cm³/mol. The summed E-state index contributed by atoms with van der Waals surface area (Å²) >= 11 is 0. The number of hydrogen-bond acceptors (Lipinski definition) is 4. The van der Waals surface area contributed by atoms with Crippen LogP contribution in [0.25, 0.3) is 5.57 Å². The molecule has 5 nitrogen and oxygen atoms in total. The summed E-state index contributed by atoms with van der Waals surface area (Å²) in [6.45, 7) is 6.01. The largest absolute Gasteiger partial charge is 0.507 e. The van der Waals surface area contributed by atoms with Gasteiger partial charge >= 0.3 is 5.97 Å². The number of nitriles is 1. The average molecular weight is 367 g/mol. The Hall–Kier alpha value is -3.00. The minimum absolute atomic E-state index is 0.251. The molecule has 27 heavy (non-hydrogen) atoms. The van der Waals surface area contributed by atoms with Crippen LogP contribution in [-0.2, 0) is 4.79 Å². The first kappa shape index (κ1) is 20.3. The number of rotatable bonds is 7. The maximum Gasteiger partial charge on any atom is 0.339 e. The van der Waals surface area contributed by atoms with Gasteiger partial charge in [0.15, 0.2) is 0 Å². The first-order chi connectivity index (χ1) is 13.0. The van der Waals surface area contributed by atoms with Crippen LogP contribution < -0.4 is 4.74 Å². The van der Waals surface area contributed by atoms with Gasteiger partial charge in [-0.3, -0.25) is 0 Å². The molecule has 0 heterocycles. The molecule has 1 aromatic rings. The summed E-state index contributed by atoms with van der Waals surface area (Å²) in [7, 11) is 0. The van der Waals surface area contributed by atoms with Crippen molar-refractivity contribution < 1.29 is 19.7 Å². The van der Waals surface area contributed by atoms with Gasteiger partial charge in [-0.05, 0) is 61.1 Å². The number of carbonyl (C=O) groups is 1. The summed E-state index contributed by atoms with van der Waals surface area (Å²) in [6.07, 6.45) is 8.66. The highest BCUT2D eigenvalue weighted by Crippen LogP contribution is 2.28. The van der Waals surface area contributed by atoms with E-state index in [1.807, 2.05) is 0 Å². The number of carboxylic acid groups (broad SMARTS) is 1. The lowest BCUT2D eigenvalue weighted by atomic mass is 9.90. The van der Waals surface area contributed by atoms with Crippen LogP contribution in [0.2, 0.25) is 0 Å². The van der Waals surface area contributed by atoms with E-state index in [0.29, 0.717) is 35.0 Å². The average Bonchev–Trinajstić information content (AvgIpc) is 2.70. The van der Waals surface area contributed by atoms with Crippen LogP contribution in [0.3, 0.4) is 0 Å². The molecule has 1 saturated carbocycles. The molecule has 5 heteroatoms. The summed E-state index contributed by atoms with van der Waals surface area (Å²) in [5.41, 5.74) is 1.11. The molecule has 0 bridgehead atoms. The van der Waals surface area contributed by atoms with Gasteiger partial charge < -0.3 is 14.9 Å². The van der Waals surface area contributed by atoms with Gasteiger partial charge in [0, 0.05) is 0 Å². The fraction of sp³-hybridized carbons (Fsp3) is 0.364. The monoisotopic (exact) mass is 367 g/mol. The molecule has 142 valence electrons. The fourth-order valence-electron chi connectivity index (χ4n) is 3.16. The Morgan fingerprint density at radius 3 is 2.63 bits per heavy atom. The Labute approximate surface area is 159 Å². The second kappa shape index (κ2) is 9.63. The second-order valence-corrected chi connectivity index (χ2v) is 6.70. The van der Waals surface area contributed by atoms with Gasteiger partial charge in [-0.25, -0.2) is 4.79 Å². The Bertz CT molecular complexity index is 808. The topological polar surface area (TPSA) is 90.6 Å². The van der Waals surface area contributed by atoms with E-state index in [2.05, 4.69) is 12.6 Å². The van der Waals surface area contributed by atoms with Gasteiger partial charge in [0.05, 0.1) is 12.2 Å². The van der Waals surface area contributed by atoms with Gasteiger partial charge in [-0.1, -0.05) is 31.9 Å². The Morgan fingerprint density at radius 2 is 2.04 bits per heavy atom. The molecular formula is C22H25NO4. The highest BCUT2D eigenvalue weighted by atomic mass is 16.5. The van der Waals surface area contributed by atoms with Crippen LogP contribution >= 0.6 is 0 Å². The molecule has 0 aliphatic heterocycles. The van der Waals surface area contributed by atoms with E-state index in [0.717, 1.165) is 12.8 Å². The number of allylic oxidation sites excluding steroid dienone is 3. The smallest absolute Gasteiger partial charge is 0.339 e. The van der Waals surface area contributed by atoms with Gasteiger partial charge in [0.1, 0.15) is 23.2 Å². The molecule has 0 spiro atoms. The van der Waals surface area contributed by atoms with Crippen molar-refractivity contribution in [2.45, 2.75) is 39.0 Å². The van der Waals surface area contributed by atoms with Crippen LogP contribution in [0.1, 0.15) is 50.2 Å². The first-order valence-corrected chi connectivity index (χ1v) is 9.13. The van der Waals surface area contributed by atoms with E-state index in [-0.39, 0.29) is 11.3 Å². The number of benzene rings is 1. The standard InChI is InChI=1S/C22H25NO4/c1-3-20(24)19(22(25)26)11-15(2)17-9-10-21(18(12-17)13-23)27-14-16-7-5-4-6-8-16/h3,9-12,16,24H,2,4-8,14H2,1H3,(H,25,26)/b19-11+,20-3+. The molecule has 1 aliphatic carbocycles. The maximum absolute atomic E-state index is 11.3. The third-order valence-electron chi connectivity index (χ3n) is 4.77. The molecule has 0 atom stereocenters. The van der Waals surface area contributed by atoms with Crippen molar-refractivity contribution in [1.29, 1.82) is 5.26 Å². The van der Waals surface area contributed by atoms with E-state index in [4.69, 9.17) is 4.74 Å². The fourth-order valence-corrected chi connectivity index (χ4v) is 3.16. The summed E-state index contributed by atoms with van der Waals surface area (Å²) in [5.74, 6) is -0.528. The van der Waals surface area contributed by atoms with Crippen molar-refractivity contribution in [1.82, 2.24) is 0 Å². The van der Waals surface area contributed by atoms with Crippen molar-refractivity contribution in [3.63, 3.8) is 0 Å². The molecule has 1 aliphatic rings. The Morgan fingerprint density at radius 1 is 1.33 bits per heavy atom. The highest BCUT2D eigenvalue weighted by molar-refractivity contribution is 5.94. The van der Waals surface area contributed by atoms with E-state index >= 15 is 0 Å². The molecule has 2 rings (SSSR count). The number of ether oxygens (including phenoxy) is 1. The summed E-state index contributed by atoms with van der Waals surface area (Å²) < 4.78 is 5.87. The number of nitrogens with zero attached hydrogens (tertiary/aromatic N) is 1. The molecule has 1 fully saturated rings. The van der Waals surface area contributed by atoms with E-state index in [1.165, 1.54) is 31.4 Å². The van der Waals surface area contributed by atoms with E-state index in [9.17, 15) is 20.3 Å². The maximum atomic E-state index is 11.3. The highest BCUT2D eigenvalue weighted by Gasteiger charge is 2.16. The zero-order valence-corrected chi connectivity index (χ0v) is 15.6. The normalized spacial score (nSPS) is 15.9. The molecular weight excluding hydrogens is 342 g/mol. The van der Waals surface area contributed by atoms with Crippen molar-refractivity contribution in [2.75, 3.05) is 6.61 Å². The molecule has 0 unspecified atom stereocenters. The number of aliphatic carboxylic acids is 1. The third-order valence-corrected chi connectivity index (χ3v) is 4.77. The van der Waals surface area contributed by atoms with Crippen molar-refractivity contribution >= 4 is 11.5 Å². The summed E-state index contributed by atoms with van der Waals surface area (Å²) in [6, 6.07) is 7.20. The Balaban J connectivity index is 2.18. The molecule has 0 radical (unpaired) electrons. The quantitative estimate of drug-likeness (QED) is 0.402. The van der Waals surface area contributed by atoms with Crippen molar-refractivity contribution in [3.05, 3.63) is 59.4 Å². The van der Waals surface area contributed by atoms with E-state index < -0.39 is 5.97 Å². The van der Waals surface area contributed by atoms with Gasteiger partial charge in [-0.2, -0.15) is 5.26 Å². The van der Waals surface area contributed by atoms with E-state index in [1.54, 1.807) is 25.1 Å². The second-order valence-electron chi connectivity index (χ2n) is 6.70. The lowest BCUT2D eigenvalue weighted by molar-refractivity contribution is -0.132. The van der Waals surface area contributed by atoms with Gasteiger partial charge in [0.25, 0.3) is 0 Å². The predicted octanol–water partition coefficient (Wildman–Crippen LogP) is 5.00. The molecule has 0 aromatic heterocycles. The molecule has 1 aromatic carbocycles. The SMILES string of the molecule is C=C(/C=C(C(=O)O)\C(O)=C/C)c1ccc(OCC2CCCCC2)c(C#N)c1. The minimum Gasteiger partial charge on any atom is -0.507 e. The lowest BCUT2D eigenvalue weighted by Gasteiger charge is -2.22. The molecule has 0 amide bonds. The van der Waals surface area contributed by atoms with Crippen LogP contribution in [-0.4, -0.2) is 22.8 Å². The molecule has 0 saturated heterocycles. The molecule has 2 N–H and O–H groups in total. The number of aliphatic hydroxyl groups excluding tert-OH is 1. The van der Waals surface area contributed by atoms with Crippen LogP contribution in [0.5, 0.6) is 5.75 Å². The number of carboxylic acids is 1. The third kappa shape index (κ3) is 5.49. The van der Waals surface area contributed by atoms with Gasteiger partial charge in [0.2, 0.25) is 0 Å². The number of aliphatic hydroxyl groups is 1. The van der Waals surface area contributed by atoms with Crippen LogP contribution in [0.15, 0.2) is 48.3 Å². The minimum atomic E-state index is -1.25.